The number of allylic oxidation sites excluding steroid dienone is 3. The summed E-state index contributed by atoms with van der Waals surface area (Å²) in [5.74, 6) is 2.21. The fraction of sp³-hybridized carbons (Fsp3) is 0.643. The quantitative estimate of drug-likeness (QED) is 0.454. The van der Waals surface area contributed by atoms with Gasteiger partial charge < -0.3 is 19.3 Å². The first kappa shape index (κ1) is 24.8. The molecule has 4 heterocycles. The van der Waals surface area contributed by atoms with Gasteiger partial charge in [0.15, 0.2) is 0 Å². The van der Waals surface area contributed by atoms with Crippen LogP contribution in [0.5, 0.6) is 0 Å². The molecule has 0 saturated carbocycles. The fourth-order valence-electron chi connectivity index (χ4n) is 6.19. The van der Waals surface area contributed by atoms with E-state index in [-0.39, 0.29) is 24.3 Å². The molecule has 3 unspecified atom stereocenters. The molecular weight excluding hydrogens is 428 g/mol. The molecule has 1 aromatic rings. The van der Waals surface area contributed by atoms with E-state index in [2.05, 4.69) is 24.8 Å². The van der Waals surface area contributed by atoms with Gasteiger partial charge in [0.1, 0.15) is 11.5 Å². The molecule has 6 bridgehead atoms. The molecular formula is C28H40N2O4. The normalized spacial score (nSPS) is 25.3. The van der Waals surface area contributed by atoms with Crippen molar-refractivity contribution in [2.24, 2.45) is 5.41 Å². The summed E-state index contributed by atoms with van der Waals surface area (Å²) in [6.45, 7) is 5.11. The predicted molar refractivity (Wildman–Crippen MR) is 132 cm³/mol. The van der Waals surface area contributed by atoms with Gasteiger partial charge in [-0.1, -0.05) is 18.2 Å². The van der Waals surface area contributed by atoms with Crippen molar-refractivity contribution in [3.63, 3.8) is 0 Å². The third-order valence-corrected chi connectivity index (χ3v) is 8.14. The summed E-state index contributed by atoms with van der Waals surface area (Å²) in [6, 6.07) is 1.79. The molecule has 0 radical (unpaired) electrons. The average Bonchev–Trinajstić information content (AvgIpc) is 3.35. The smallest absolute Gasteiger partial charge is 0.229 e. The van der Waals surface area contributed by atoms with Gasteiger partial charge in [0, 0.05) is 45.3 Å². The summed E-state index contributed by atoms with van der Waals surface area (Å²) < 4.78 is 6.29. The van der Waals surface area contributed by atoms with Crippen LogP contribution >= 0.6 is 0 Å². The number of carbonyl (C=O) groups excluding carboxylic acids is 2. The van der Waals surface area contributed by atoms with Gasteiger partial charge in [-0.2, -0.15) is 0 Å². The minimum atomic E-state index is -0.646. The third kappa shape index (κ3) is 4.88. The molecule has 4 aliphatic rings. The van der Waals surface area contributed by atoms with E-state index in [0.717, 1.165) is 76.0 Å². The molecule has 3 aliphatic heterocycles. The van der Waals surface area contributed by atoms with Gasteiger partial charge in [-0.05, 0) is 63.0 Å². The topological polar surface area (TPSA) is 74.0 Å². The van der Waals surface area contributed by atoms with E-state index in [1.165, 1.54) is 5.56 Å². The van der Waals surface area contributed by atoms with E-state index >= 15 is 0 Å². The molecule has 1 N–H and O–H groups in total. The largest absolute Gasteiger partial charge is 0.466 e. The van der Waals surface area contributed by atoms with Crippen molar-refractivity contribution in [1.29, 1.82) is 0 Å². The number of aryl methyl sites for hydroxylation is 1. The SMILES string of the molecule is C=CCCCC(=O)N(C)C(CO)CC12Cc3oc4cc3C1CCN(CCCCC=CCC4)C2=O. The number of hydrogen-bond donors (Lipinski definition) is 1. The van der Waals surface area contributed by atoms with Gasteiger partial charge in [0.25, 0.3) is 0 Å². The predicted octanol–water partition coefficient (Wildman–Crippen LogP) is 4.38. The molecule has 2 amide bonds. The average molecular weight is 469 g/mol. The molecule has 1 fully saturated rings. The summed E-state index contributed by atoms with van der Waals surface area (Å²) in [6.07, 6.45) is 15.2. The molecule has 1 aliphatic carbocycles. The van der Waals surface area contributed by atoms with Crippen LogP contribution in [0.25, 0.3) is 0 Å². The van der Waals surface area contributed by atoms with E-state index in [1.54, 1.807) is 11.9 Å². The van der Waals surface area contributed by atoms with Gasteiger partial charge >= 0.3 is 0 Å². The Morgan fingerprint density at radius 1 is 1.35 bits per heavy atom. The van der Waals surface area contributed by atoms with Crippen molar-refractivity contribution < 1.29 is 19.1 Å². The number of likely N-dealkylation sites (N-methyl/N-ethyl adjacent to an activating group) is 1. The standard InChI is InChI=1S/C28H40N2O4/c1-3-4-9-13-26(32)29(2)21(20-31)18-28-19-25-23-17-22(34-25)12-10-7-5-6-8-11-15-30(27(28)33)16-14-24(23)28/h3,5,7,17,21,24,31H,1,4,6,8-16,18-20H2,2H3. The first-order chi connectivity index (χ1) is 16.5. The number of amides is 2. The fourth-order valence-corrected chi connectivity index (χ4v) is 6.19. The molecule has 34 heavy (non-hydrogen) atoms. The first-order valence-electron chi connectivity index (χ1n) is 13.0. The molecule has 0 aromatic carbocycles. The van der Waals surface area contributed by atoms with Crippen molar-refractivity contribution in [2.45, 2.75) is 82.6 Å². The maximum absolute atomic E-state index is 14.1. The lowest BCUT2D eigenvalue weighted by Crippen LogP contribution is -2.55. The molecule has 6 heteroatoms. The second kappa shape index (κ2) is 10.9. The highest BCUT2D eigenvalue weighted by atomic mass is 16.3. The number of aliphatic hydroxyl groups excluding tert-OH is 1. The Hall–Kier alpha value is -2.34. The summed E-state index contributed by atoms with van der Waals surface area (Å²) in [4.78, 5) is 30.6. The maximum Gasteiger partial charge on any atom is 0.229 e. The van der Waals surface area contributed by atoms with Gasteiger partial charge in [-0.3, -0.25) is 9.59 Å². The van der Waals surface area contributed by atoms with Crippen LogP contribution in [0.3, 0.4) is 0 Å². The second-order valence-corrected chi connectivity index (χ2v) is 10.3. The van der Waals surface area contributed by atoms with Crippen LogP contribution in [0.4, 0.5) is 0 Å². The number of carbonyl (C=O) groups is 2. The van der Waals surface area contributed by atoms with Gasteiger partial charge in [0.2, 0.25) is 11.8 Å². The third-order valence-electron chi connectivity index (χ3n) is 8.14. The number of nitrogens with zero attached hydrogens (tertiary/aromatic N) is 2. The Kier molecular flexibility index (Phi) is 7.97. The van der Waals surface area contributed by atoms with Gasteiger partial charge in [-0.15, -0.1) is 6.58 Å². The van der Waals surface area contributed by atoms with Crippen LogP contribution < -0.4 is 0 Å². The lowest BCUT2D eigenvalue weighted by molar-refractivity contribution is -0.151. The zero-order chi connectivity index (χ0) is 24.1. The van der Waals surface area contributed by atoms with Crippen molar-refractivity contribution in [2.75, 3.05) is 26.7 Å². The van der Waals surface area contributed by atoms with E-state index < -0.39 is 11.5 Å². The van der Waals surface area contributed by atoms with E-state index in [4.69, 9.17) is 4.42 Å². The zero-order valence-electron chi connectivity index (χ0n) is 20.6. The Labute approximate surface area is 203 Å². The van der Waals surface area contributed by atoms with Crippen LogP contribution in [0.2, 0.25) is 0 Å². The summed E-state index contributed by atoms with van der Waals surface area (Å²) in [7, 11) is 1.76. The monoisotopic (exact) mass is 468 g/mol. The van der Waals surface area contributed by atoms with Gasteiger partial charge in [0.05, 0.1) is 18.1 Å². The van der Waals surface area contributed by atoms with Crippen LogP contribution in [0.15, 0.2) is 35.3 Å². The number of aliphatic hydroxyl groups is 1. The Balaban J connectivity index is 1.61. The highest BCUT2D eigenvalue weighted by Gasteiger charge is 2.57. The summed E-state index contributed by atoms with van der Waals surface area (Å²) >= 11 is 0. The van der Waals surface area contributed by atoms with Crippen molar-refractivity contribution in [3.05, 3.63) is 48.0 Å². The van der Waals surface area contributed by atoms with E-state index in [9.17, 15) is 14.7 Å². The van der Waals surface area contributed by atoms with Crippen molar-refractivity contribution >= 4 is 11.8 Å². The number of hydrogen-bond acceptors (Lipinski definition) is 4. The Morgan fingerprint density at radius 2 is 2.18 bits per heavy atom. The van der Waals surface area contributed by atoms with Crippen molar-refractivity contribution in [3.8, 4) is 0 Å². The first-order valence-corrected chi connectivity index (χ1v) is 13.0. The van der Waals surface area contributed by atoms with Crippen LogP contribution in [0, 0.1) is 5.41 Å². The number of unbranched alkanes of at least 4 members (excludes halogenated alkanes) is 1. The summed E-state index contributed by atoms with van der Waals surface area (Å²) in [5.41, 5.74) is 0.533. The van der Waals surface area contributed by atoms with Crippen LogP contribution in [-0.2, 0) is 22.4 Å². The Morgan fingerprint density at radius 3 is 2.97 bits per heavy atom. The molecule has 0 spiro atoms. The van der Waals surface area contributed by atoms with Gasteiger partial charge in [-0.25, -0.2) is 0 Å². The van der Waals surface area contributed by atoms with Crippen molar-refractivity contribution in [1.82, 2.24) is 9.80 Å². The Bertz CT molecular complexity index is 920. The maximum atomic E-state index is 14.1. The van der Waals surface area contributed by atoms with Crippen LogP contribution in [0.1, 0.15) is 80.8 Å². The molecule has 3 atom stereocenters. The lowest BCUT2D eigenvalue weighted by Gasteiger charge is -2.46. The molecule has 186 valence electrons. The molecule has 5 rings (SSSR count). The highest BCUT2D eigenvalue weighted by molar-refractivity contribution is 5.86. The summed E-state index contributed by atoms with van der Waals surface area (Å²) in [5, 5.41) is 10.3. The minimum absolute atomic E-state index is 0.0109. The number of rotatable bonds is 8. The number of piperidine rings is 1. The molecule has 1 aromatic heterocycles. The molecule has 1 saturated heterocycles. The number of furan rings is 1. The second-order valence-electron chi connectivity index (χ2n) is 10.3. The van der Waals surface area contributed by atoms with E-state index in [1.807, 2.05) is 11.0 Å². The molecule has 6 nitrogen and oxygen atoms in total. The number of fused-ring (bicyclic) bond motifs is 7. The zero-order valence-corrected chi connectivity index (χ0v) is 20.6. The minimum Gasteiger partial charge on any atom is -0.466 e. The lowest BCUT2D eigenvalue weighted by atomic mass is 9.67. The van der Waals surface area contributed by atoms with Crippen LogP contribution in [-0.4, -0.2) is 59.5 Å². The highest BCUT2D eigenvalue weighted by Crippen LogP contribution is 2.56. The van der Waals surface area contributed by atoms with E-state index in [0.29, 0.717) is 19.3 Å².